The second kappa shape index (κ2) is 5.42. The zero-order chi connectivity index (χ0) is 15.1. The smallest absolute Gasteiger partial charge is 0.352 e. The van der Waals surface area contributed by atoms with Gasteiger partial charge in [-0.2, -0.15) is 16.1 Å². The molecule has 1 aliphatic rings. The van der Waals surface area contributed by atoms with Crippen LogP contribution in [0.2, 0.25) is 0 Å². The maximum atomic E-state index is 12.6. The first kappa shape index (κ1) is 15.4. The van der Waals surface area contributed by atoms with Crippen molar-refractivity contribution in [3.8, 4) is 0 Å². The summed E-state index contributed by atoms with van der Waals surface area (Å²) in [6, 6.07) is 1.11. The third-order valence-corrected chi connectivity index (χ3v) is 6.92. The average Bonchev–Trinajstić information content (AvgIpc) is 2.75. The molecule has 1 fully saturated rings. The molecule has 0 spiro atoms. The van der Waals surface area contributed by atoms with E-state index in [0.29, 0.717) is 6.54 Å². The lowest BCUT2D eigenvalue weighted by Crippen LogP contribution is -2.47. The fourth-order valence-corrected chi connectivity index (χ4v) is 5.33. The van der Waals surface area contributed by atoms with E-state index in [1.807, 2.05) is 13.8 Å². The van der Waals surface area contributed by atoms with Gasteiger partial charge in [0, 0.05) is 36.8 Å². The summed E-state index contributed by atoms with van der Waals surface area (Å²) in [6.07, 6.45) is 1.36. The van der Waals surface area contributed by atoms with Crippen LogP contribution in [0, 0.1) is 0 Å². The maximum Gasteiger partial charge on any atom is 0.352 e. The number of rotatable bonds is 3. The van der Waals surface area contributed by atoms with Gasteiger partial charge < -0.3 is 9.67 Å². The first-order valence-corrected chi connectivity index (χ1v) is 8.77. The number of carboxylic acids is 1. The number of sulfonamides is 1. The predicted octanol–water partition coefficient (Wildman–Crippen LogP) is 1.24. The van der Waals surface area contributed by atoms with E-state index in [2.05, 4.69) is 0 Å². The van der Waals surface area contributed by atoms with Gasteiger partial charge in [-0.3, -0.25) is 0 Å². The Morgan fingerprint density at radius 1 is 1.45 bits per heavy atom. The Hall–Kier alpha value is -0.990. The number of carboxylic acid groups (broad SMARTS) is 1. The van der Waals surface area contributed by atoms with E-state index in [1.54, 1.807) is 11.8 Å². The SMILES string of the molecule is CC1SCCN(S(=O)(=O)c2cc(C(=O)O)n(C)c2)C1C. The Labute approximate surface area is 122 Å². The molecule has 2 rings (SSSR count). The fraction of sp³-hybridized carbons (Fsp3) is 0.583. The number of aryl methyl sites for hydroxylation is 1. The molecule has 2 atom stereocenters. The molecule has 1 aromatic heterocycles. The van der Waals surface area contributed by atoms with Crippen molar-refractivity contribution in [1.29, 1.82) is 0 Å². The topological polar surface area (TPSA) is 79.6 Å². The van der Waals surface area contributed by atoms with Gasteiger partial charge in [-0.1, -0.05) is 6.92 Å². The molecule has 0 aliphatic carbocycles. The van der Waals surface area contributed by atoms with Gasteiger partial charge in [0.2, 0.25) is 10.0 Å². The molecule has 0 radical (unpaired) electrons. The third-order valence-electron chi connectivity index (χ3n) is 3.63. The third kappa shape index (κ3) is 2.59. The second-order valence-corrected chi connectivity index (χ2v) is 8.29. The standard InChI is InChI=1S/C12H18N2O4S2/c1-8-9(2)19-5-4-14(8)20(17,18)10-6-11(12(15)16)13(3)7-10/h6-9H,4-5H2,1-3H3,(H,15,16). The van der Waals surface area contributed by atoms with E-state index in [9.17, 15) is 13.2 Å². The molecular formula is C12H18N2O4S2. The molecule has 0 bridgehead atoms. The van der Waals surface area contributed by atoms with Gasteiger partial charge in [0.25, 0.3) is 0 Å². The van der Waals surface area contributed by atoms with Gasteiger partial charge in [0.05, 0.1) is 0 Å². The minimum Gasteiger partial charge on any atom is -0.477 e. The van der Waals surface area contributed by atoms with E-state index in [4.69, 9.17) is 5.11 Å². The molecule has 1 saturated heterocycles. The van der Waals surface area contributed by atoms with E-state index in [0.717, 1.165) is 5.75 Å². The summed E-state index contributed by atoms with van der Waals surface area (Å²) in [6.45, 7) is 4.34. The molecule has 2 unspecified atom stereocenters. The van der Waals surface area contributed by atoms with Gasteiger partial charge >= 0.3 is 5.97 Å². The molecule has 1 aliphatic heterocycles. The zero-order valence-corrected chi connectivity index (χ0v) is 13.2. The quantitative estimate of drug-likeness (QED) is 0.907. The van der Waals surface area contributed by atoms with E-state index >= 15 is 0 Å². The number of aromatic carboxylic acids is 1. The molecule has 0 amide bonds. The highest BCUT2D eigenvalue weighted by Crippen LogP contribution is 2.29. The van der Waals surface area contributed by atoms with Gasteiger partial charge in [-0.05, 0) is 13.0 Å². The van der Waals surface area contributed by atoms with Crippen LogP contribution in [0.1, 0.15) is 24.3 Å². The van der Waals surface area contributed by atoms with Crippen LogP contribution >= 0.6 is 11.8 Å². The Morgan fingerprint density at radius 2 is 2.10 bits per heavy atom. The van der Waals surface area contributed by atoms with Crippen LogP contribution in [-0.2, 0) is 17.1 Å². The first-order chi connectivity index (χ1) is 9.25. The molecule has 1 N–H and O–H groups in total. The fourth-order valence-electron chi connectivity index (χ4n) is 2.27. The molecule has 8 heteroatoms. The van der Waals surface area contributed by atoms with Crippen LogP contribution in [0.4, 0.5) is 0 Å². The van der Waals surface area contributed by atoms with Crippen LogP contribution in [0.3, 0.4) is 0 Å². The van der Waals surface area contributed by atoms with Crippen molar-refractivity contribution in [2.24, 2.45) is 7.05 Å². The lowest BCUT2D eigenvalue weighted by atomic mass is 10.2. The largest absolute Gasteiger partial charge is 0.477 e. The van der Waals surface area contributed by atoms with Crippen LogP contribution in [0.25, 0.3) is 0 Å². The molecule has 0 aromatic carbocycles. The van der Waals surface area contributed by atoms with Gasteiger partial charge in [-0.15, -0.1) is 0 Å². The number of hydrogen-bond donors (Lipinski definition) is 1. The van der Waals surface area contributed by atoms with Gasteiger partial charge in [-0.25, -0.2) is 13.2 Å². The summed E-state index contributed by atoms with van der Waals surface area (Å²) in [5, 5.41) is 9.24. The van der Waals surface area contributed by atoms with Gasteiger partial charge in [0.15, 0.2) is 0 Å². The van der Waals surface area contributed by atoms with E-state index in [-0.39, 0.29) is 21.9 Å². The highest BCUT2D eigenvalue weighted by atomic mass is 32.2. The molecule has 2 heterocycles. The average molecular weight is 318 g/mol. The summed E-state index contributed by atoms with van der Waals surface area (Å²) < 4.78 is 28.1. The summed E-state index contributed by atoms with van der Waals surface area (Å²) in [7, 11) is -2.12. The summed E-state index contributed by atoms with van der Waals surface area (Å²) >= 11 is 1.75. The van der Waals surface area contributed by atoms with Crippen molar-refractivity contribution in [2.75, 3.05) is 12.3 Å². The van der Waals surface area contributed by atoms with Crippen LogP contribution < -0.4 is 0 Å². The van der Waals surface area contributed by atoms with Crippen molar-refractivity contribution in [2.45, 2.75) is 30.0 Å². The highest BCUT2D eigenvalue weighted by Gasteiger charge is 2.35. The van der Waals surface area contributed by atoms with Crippen molar-refractivity contribution < 1.29 is 18.3 Å². The predicted molar refractivity (Wildman–Crippen MR) is 77.6 cm³/mol. The Morgan fingerprint density at radius 3 is 2.65 bits per heavy atom. The van der Waals surface area contributed by atoms with Crippen LogP contribution in [-0.4, -0.2) is 52.0 Å². The molecule has 0 saturated carbocycles. The van der Waals surface area contributed by atoms with Crippen LogP contribution in [0.15, 0.2) is 17.2 Å². The minimum absolute atomic E-state index is 0.0318. The first-order valence-electron chi connectivity index (χ1n) is 6.28. The Bertz CT molecular complexity index is 623. The number of nitrogens with zero attached hydrogens (tertiary/aromatic N) is 2. The summed E-state index contributed by atoms with van der Waals surface area (Å²) in [5.41, 5.74) is -0.0318. The van der Waals surface area contributed by atoms with E-state index in [1.165, 1.54) is 28.2 Å². The number of aromatic nitrogens is 1. The second-order valence-electron chi connectivity index (χ2n) is 4.91. The molecule has 6 nitrogen and oxygen atoms in total. The lowest BCUT2D eigenvalue weighted by Gasteiger charge is -2.36. The Kier molecular flexibility index (Phi) is 4.17. The Balaban J connectivity index is 2.40. The number of carbonyl (C=O) groups is 1. The molecule has 20 heavy (non-hydrogen) atoms. The van der Waals surface area contributed by atoms with Crippen molar-refractivity contribution in [1.82, 2.24) is 8.87 Å². The minimum atomic E-state index is -3.64. The number of hydrogen-bond acceptors (Lipinski definition) is 4. The molecule has 112 valence electrons. The summed E-state index contributed by atoms with van der Waals surface area (Å²) in [5.74, 6) is -0.381. The molecule has 1 aromatic rings. The zero-order valence-electron chi connectivity index (χ0n) is 11.6. The highest BCUT2D eigenvalue weighted by molar-refractivity contribution is 8.00. The maximum absolute atomic E-state index is 12.6. The van der Waals surface area contributed by atoms with Crippen molar-refractivity contribution >= 4 is 27.8 Å². The normalized spacial score (nSPS) is 24.8. The van der Waals surface area contributed by atoms with Crippen molar-refractivity contribution in [3.05, 3.63) is 18.0 Å². The van der Waals surface area contributed by atoms with Crippen LogP contribution in [0.5, 0.6) is 0 Å². The lowest BCUT2D eigenvalue weighted by molar-refractivity contribution is 0.0686. The molecular weight excluding hydrogens is 300 g/mol. The van der Waals surface area contributed by atoms with Gasteiger partial charge in [0.1, 0.15) is 10.6 Å². The monoisotopic (exact) mass is 318 g/mol. The number of thioether (sulfide) groups is 1. The van der Waals surface area contributed by atoms with E-state index < -0.39 is 16.0 Å². The van der Waals surface area contributed by atoms with Crippen molar-refractivity contribution in [3.63, 3.8) is 0 Å². The summed E-state index contributed by atoms with van der Waals surface area (Å²) in [4.78, 5) is 11.1.